The number of nitrogens with zero attached hydrogens (tertiary/aromatic N) is 3. The normalized spacial score (nSPS) is 21.5. The van der Waals surface area contributed by atoms with Crippen molar-refractivity contribution in [2.75, 3.05) is 26.3 Å². The largest absolute Gasteiger partial charge is 0.381 e. The van der Waals surface area contributed by atoms with Gasteiger partial charge in [0, 0.05) is 43.2 Å². The molecule has 3 heterocycles. The number of amides is 1. The maximum absolute atomic E-state index is 13.1. The number of aromatic nitrogens is 2. The zero-order valence-electron chi connectivity index (χ0n) is 16.8. The summed E-state index contributed by atoms with van der Waals surface area (Å²) in [5.41, 5.74) is 0.918. The number of carbonyl (C=O) groups is 1. The first kappa shape index (κ1) is 19.1. The zero-order chi connectivity index (χ0) is 19.6. The predicted octanol–water partition coefficient (Wildman–Crippen LogP) is 3.90. The van der Waals surface area contributed by atoms with Gasteiger partial charge in [-0.15, -0.1) is 0 Å². The van der Waals surface area contributed by atoms with Crippen LogP contribution in [0.4, 0.5) is 0 Å². The van der Waals surface area contributed by atoms with Crippen LogP contribution in [0.25, 0.3) is 11.4 Å². The molecule has 1 atom stereocenters. The quantitative estimate of drug-likeness (QED) is 0.783. The molecule has 6 heteroatoms. The van der Waals surface area contributed by atoms with Gasteiger partial charge in [0.25, 0.3) is 0 Å². The van der Waals surface area contributed by atoms with Crippen LogP contribution in [0.1, 0.15) is 51.3 Å². The van der Waals surface area contributed by atoms with Gasteiger partial charge in [0.05, 0.1) is 5.92 Å². The van der Waals surface area contributed by atoms with Gasteiger partial charge in [0.15, 0.2) is 0 Å². The lowest BCUT2D eigenvalue weighted by molar-refractivity contribution is -0.135. The SMILES string of the molecule is CCC(CC)C(=O)N1C[C@@H](c2nc(-c3ccccc3)no2)C2(CCOCC2)C1. The van der Waals surface area contributed by atoms with Crippen molar-refractivity contribution in [3.63, 3.8) is 0 Å². The van der Waals surface area contributed by atoms with Crippen LogP contribution in [0.5, 0.6) is 0 Å². The average molecular weight is 383 g/mol. The molecule has 28 heavy (non-hydrogen) atoms. The van der Waals surface area contributed by atoms with E-state index < -0.39 is 0 Å². The predicted molar refractivity (Wildman–Crippen MR) is 106 cm³/mol. The molecular weight excluding hydrogens is 354 g/mol. The topological polar surface area (TPSA) is 68.5 Å². The molecule has 1 aromatic carbocycles. The molecule has 0 saturated carbocycles. The van der Waals surface area contributed by atoms with Gasteiger partial charge in [-0.3, -0.25) is 4.79 Å². The zero-order valence-corrected chi connectivity index (χ0v) is 16.8. The van der Waals surface area contributed by atoms with Gasteiger partial charge in [0.1, 0.15) is 0 Å². The third-order valence-corrected chi connectivity index (χ3v) is 6.55. The Hall–Kier alpha value is -2.21. The van der Waals surface area contributed by atoms with Crippen LogP contribution in [-0.4, -0.2) is 47.3 Å². The van der Waals surface area contributed by atoms with Crippen LogP contribution in [0.3, 0.4) is 0 Å². The number of likely N-dealkylation sites (tertiary alicyclic amines) is 1. The lowest BCUT2D eigenvalue weighted by Gasteiger charge is -2.36. The van der Waals surface area contributed by atoms with E-state index in [0.29, 0.717) is 18.3 Å². The molecule has 150 valence electrons. The Morgan fingerprint density at radius 3 is 2.61 bits per heavy atom. The van der Waals surface area contributed by atoms with Crippen molar-refractivity contribution in [2.24, 2.45) is 11.3 Å². The maximum atomic E-state index is 13.1. The van der Waals surface area contributed by atoms with Gasteiger partial charge in [-0.05, 0) is 25.7 Å². The monoisotopic (exact) mass is 383 g/mol. The molecule has 2 aliphatic heterocycles. The van der Waals surface area contributed by atoms with Gasteiger partial charge >= 0.3 is 0 Å². The van der Waals surface area contributed by atoms with Gasteiger partial charge in [0.2, 0.25) is 17.6 Å². The molecule has 1 amide bonds. The van der Waals surface area contributed by atoms with Gasteiger partial charge in [-0.25, -0.2) is 0 Å². The van der Waals surface area contributed by atoms with Crippen molar-refractivity contribution in [3.8, 4) is 11.4 Å². The van der Waals surface area contributed by atoms with E-state index >= 15 is 0 Å². The van der Waals surface area contributed by atoms with Crippen molar-refractivity contribution in [3.05, 3.63) is 36.2 Å². The minimum atomic E-state index is -0.0273. The highest BCUT2D eigenvalue weighted by molar-refractivity contribution is 5.79. The van der Waals surface area contributed by atoms with Gasteiger partial charge in [-0.2, -0.15) is 4.98 Å². The summed E-state index contributed by atoms with van der Waals surface area (Å²) in [6.07, 6.45) is 3.61. The second-order valence-electron chi connectivity index (χ2n) is 8.08. The molecule has 6 nitrogen and oxygen atoms in total. The van der Waals surface area contributed by atoms with Crippen molar-refractivity contribution in [1.82, 2.24) is 15.0 Å². The fourth-order valence-corrected chi connectivity index (χ4v) is 4.74. The molecule has 2 fully saturated rings. The molecule has 0 radical (unpaired) electrons. The molecule has 2 saturated heterocycles. The summed E-state index contributed by atoms with van der Waals surface area (Å²) in [6, 6.07) is 9.88. The Morgan fingerprint density at radius 2 is 1.93 bits per heavy atom. The molecule has 0 bridgehead atoms. The number of carbonyl (C=O) groups excluding carboxylic acids is 1. The van der Waals surface area contributed by atoms with E-state index in [-0.39, 0.29) is 23.2 Å². The lowest BCUT2D eigenvalue weighted by Crippen LogP contribution is -2.38. The third kappa shape index (κ3) is 3.46. The summed E-state index contributed by atoms with van der Waals surface area (Å²) >= 11 is 0. The number of hydrogen-bond donors (Lipinski definition) is 0. The fourth-order valence-electron chi connectivity index (χ4n) is 4.74. The van der Waals surface area contributed by atoms with E-state index in [4.69, 9.17) is 14.2 Å². The molecular formula is C22H29N3O3. The van der Waals surface area contributed by atoms with Crippen LogP contribution in [0, 0.1) is 11.3 Å². The molecule has 1 spiro atoms. The number of hydrogen-bond acceptors (Lipinski definition) is 5. The Kier molecular flexibility index (Phi) is 5.49. The number of ether oxygens (including phenoxy) is 1. The standard InChI is InChI=1S/C22H29N3O3/c1-3-16(4-2)21(26)25-14-18(22(15-25)10-12-27-13-11-22)20-23-19(24-28-20)17-8-6-5-7-9-17/h5-9,16,18H,3-4,10-15H2,1-2H3/t18-/m0/s1. The summed E-state index contributed by atoms with van der Waals surface area (Å²) in [4.78, 5) is 19.8. The Morgan fingerprint density at radius 1 is 1.21 bits per heavy atom. The minimum absolute atomic E-state index is 0.0273. The molecule has 0 aliphatic carbocycles. The van der Waals surface area contributed by atoms with E-state index in [1.54, 1.807) is 0 Å². The summed E-state index contributed by atoms with van der Waals surface area (Å²) in [7, 11) is 0. The Bertz CT molecular complexity index is 794. The lowest BCUT2D eigenvalue weighted by atomic mass is 9.72. The summed E-state index contributed by atoms with van der Waals surface area (Å²) < 4.78 is 11.4. The van der Waals surface area contributed by atoms with Gasteiger partial charge < -0.3 is 14.2 Å². The molecule has 2 aliphatic rings. The van der Waals surface area contributed by atoms with Crippen molar-refractivity contribution >= 4 is 5.91 Å². The van der Waals surface area contributed by atoms with E-state index in [9.17, 15) is 4.79 Å². The summed E-state index contributed by atoms with van der Waals surface area (Å²) in [5.74, 6) is 1.70. The van der Waals surface area contributed by atoms with E-state index in [0.717, 1.165) is 51.0 Å². The third-order valence-electron chi connectivity index (χ3n) is 6.55. The summed E-state index contributed by atoms with van der Waals surface area (Å²) in [6.45, 7) is 7.06. The summed E-state index contributed by atoms with van der Waals surface area (Å²) in [5, 5.41) is 4.23. The first-order valence-electron chi connectivity index (χ1n) is 10.4. The Balaban J connectivity index is 1.62. The smallest absolute Gasteiger partial charge is 0.232 e. The van der Waals surface area contributed by atoms with Crippen molar-refractivity contribution in [2.45, 2.75) is 45.4 Å². The van der Waals surface area contributed by atoms with Crippen molar-refractivity contribution < 1.29 is 14.1 Å². The highest BCUT2D eigenvalue weighted by Gasteiger charge is 2.52. The minimum Gasteiger partial charge on any atom is -0.381 e. The van der Waals surface area contributed by atoms with Crippen LogP contribution in [0.15, 0.2) is 34.9 Å². The fraction of sp³-hybridized carbons (Fsp3) is 0.591. The van der Waals surface area contributed by atoms with Crippen molar-refractivity contribution in [1.29, 1.82) is 0 Å². The first-order valence-corrected chi connectivity index (χ1v) is 10.4. The number of rotatable bonds is 5. The highest BCUT2D eigenvalue weighted by Crippen LogP contribution is 2.49. The highest BCUT2D eigenvalue weighted by atomic mass is 16.5. The molecule has 0 N–H and O–H groups in total. The van der Waals surface area contributed by atoms with Crippen LogP contribution in [-0.2, 0) is 9.53 Å². The Labute approximate surface area is 166 Å². The molecule has 2 aromatic rings. The van der Waals surface area contributed by atoms with E-state index in [1.807, 2.05) is 35.2 Å². The van der Waals surface area contributed by atoms with Crippen LogP contribution in [0.2, 0.25) is 0 Å². The second kappa shape index (κ2) is 8.03. The first-order chi connectivity index (χ1) is 13.7. The van der Waals surface area contributed by atoms with Gasteiger partial charge in [-0.1, -0.05) is 49.3 Å². The average Bonchev–Trinajstić information content (AvgIpc) is 3.35. The van der Waals surface area contributed by atoms with E-state index in [2.05, 4.69) is 19.0 Å². The second-order valence-corrected chi connectivity index (χ2v) is 8.08. The maximum Gasteiger partial charge on any atom is 0.232 e. The van der Waals surface area contributed by atoms with Crippen LogP contribution >= 0.6 is 0 Å². The molecule has 4 rings (SSSR count). The van der Waals surface area contributed by atoms with Crippen LogP contribution < -0.4 is 0 Å². The number of benzene rings is 1. The van der Waals surface area contributed by atoms with E-state index in [1.165, 1.54) is 0 Å². The molecule has 1 aromatic heterocycles. The molecule has 0 unspecified atom stereocenters.